The van der Waals surface area contributed by atoms with Crippen molar-refractivity contribution in [3.63, 3.8) is 0 Å². The number of H-pyrrole nitrogens is 1. The molecule has 0 aliphatic carbocycles. The van der Waals surface area contributed by atoms with E-state index in [2.05, 4.69) is 10.2 Å². The largest absolute Gasteiger partial charge is 0.405 e. The minimum atomic E-state index is -4.54. The SMILES string of the molecule is Cc1[nH]nc2ccc(C(=O)N3CCC4(CC3)C(=O)N(CC(=O)NCC(F)(F)F)CN4c3ccccc3)cc12. The Labute approximate surface area is 216 Å². The normalized spacial score (nSPS) is 17.5. The van der Waals surface area contributed by atoms with Gasteiger partial charge in [0.25, 0.3) is 11.8 Å². The van der Waals surface area contributed by atoms with Crippen molar-refractivity contribution in [2.24, 2.45) is 0 Å². The van der Waals surface area contributed by atoms with E-state index >= 15 is 0 Å². The maximum absolute atomic E-state index is 13.7. The number of likely N-dealkylation sites (tertiary alicyclic amines) is 1. The van der Waals surface area contributed by atoms with E-state index in [-0.39, 0.29) is 18.5 Å². The number of carbonyl (C=O) groups is 3. The minimum Gasteiger partial charge on any atom is -0.345 e. The van der Waals surface area contributed by atoms with Crippen LogP contribution in [-0.2, 0) is 9.59 Å². The van der Waals surface area contributed by atoms with Crippen LogP contribution >= 0.6 is 0 Å². The summed E-state index contributed by atoms with van der Waals surface area (Å²) in [4.78, 5) is 44.1. The summed E-state index contributed by atoms with van der Waals surface area (Å²) in [5.74, 6) is -1.35. The Balaban J connectivity index is 1.34. The number of aromatic amines is 1. The molecule has 38 heavy (non-hydrogen) atoms. The zero-order valence-corrected chi connectivity index (χ0v) is 20.7. The first-order valence-corrected chi connectivity index (χ1v) is 12.3. The number of anilines is 1. The molecule has 3 aromatic rings. The Morgan fingerprint density at radius 3 is 2.50 bits per heavy atom. The molecule has 9 nitrogen and oxygen atoms in total. The van der Waals surface area contributed by atoms with E-state index < -0.39 is 30.7 Å². The van der Waals surface area contributed by atoms with Gasteiger partial charge in [-0.3, -0.25) is 19.5 Å². The van der Waals surface area contributed by atoms with Gasteiger partial charge in [0.15, 0.2) is 0 Å². The highest BCUT2D eigenvalue weighted by Crippen LogP contribution is 2.39. The van der Waals surface area contributed by atoms with E-state index in [0.29, 0.717) is 31.5 Å². The Kier molecular flexibility index (Phi) is 6.49. The number of aryl methyl sites for hydroxylation is 1. The number of para-hydroxylation sites is 1. The van der Waals surface area contributed by atoms with Gasteiger partial charge in [0, 0.05) is 35.4 Å². The third-order valence-electron chi connectivity index (χ3n) is 7.27. The molecule has 2 aromatic carbocycles. The fourth-order valence-electron chi connectivity index (χ4n) is 5.28. The fraction of sp³-hybridized carbons (Fsp3) is 0.385. The number of nitrogens with one attached hydrogen (secondary N) is 2. The van der Waals surface area contributed by atoms with Crippen LogP contribution in [0.5, 0.6) is 0 Å². The molecule has 3 heterocycles. The van der Waals surface area contributed by atoms with Crippen molar-refractivity contribution in [2.45, 2.75) is 31.5 Å². The average molecular weight is 529 g/mol. The van der Waals surface area contributed by atoms with E-state index in [1.54, 1.807) is 23.1 Å². The quantitative estimate of drug-likeness (QED) is 0.531. The molecule has 2 saturated heterocycles. The Morgan fingerprint density at radius 1 is 1.11 bits per heavy atom. The molecule has 5 rings (SSSR count). The van der Waals surface area contributed by atoms with Gasteiger partial charge >= 0.3 is 6.18 Å². The maximum atomic E-state index is 13.7. The summed E-state index contributed by atoms with van der Waals surface area (Å²) in [7, 11) is 0. The van der Waals surface area contributed by atoms with Crippen molar-refractivity contribution in [3.05, 3.63) is 59.8 Å². The molecule has 1 spiro atoms. The molecule has 2 fully saturated rings. The molecule has 0 unspecified atom stereocenters. The predicted octanol–water partition coefficient (Wildman–Crippen LogP) is 2.83. The minimum absolute atomic E-state index is 0.0622. The number of hydrogen-bond acceptors (Lipinski definition) is 5. The lowest BCUT2D eigenvalue weighted by molar-refractivity contribution is -0.142. The van der Waals surface area contributed by atoms with Crippen molar-refractivity contribution < 1.29 is 27.6 Å². The first-order valence-electron chi connectivity index (χ1n) is 12.3. The van der Waals surface area contributed by atoms with Crippen LogP contribution in [0.4, 0.5) is 18.9 Å². The summed E-state index contributed by atoms with van der Waals surface area (Å²) in [6.45, 7) is 0.629. The molecule has 12 heteroatoms. The lowest BCUT2D eigenvalue weighted by atomic mass is 9.85. The Morgan fingerprint density at radius 2 is 1.82 bits per heavy atom. The predicted molar refractivity (Wildman–Crippen MR) is 133 cm³/mol. The second kappa shape index (κ2) is 9.66. The van der Waals surface area contributed by atoms with Crippen LogP contribution < -0.4 is 10.2 Å². The number of alkyl halides is 3. The first kappa shape index (κ1) is 25.6. The molecular weight excluding hydrogens is 501 g/mol. The number of aromatic nitrogens is 2. The maximum Gasteiger partial charge on any atom is 0.405 e. The number of carbonyl (C=O) groups excluding carboxylic acids is 3. The zero-order chi connectivity index (χ0) is 27.1. The third-order valence-corrected chi connectivity index (χ3v) is 7.27. The van der Waals surface area contributed by atoms with Crippen molar-refractivity contribution in [3.8, 4) is 0 Å². The number of fused-ring (bicyclic) bond motifs is 1. The van der Waals surface area contributed by atoms with E-state index in [4.69, 9.17) is 0 Å². The highest BCUT2D eigenvalue weighted by Gasteiger charge is 2.54. The summed E-state index contributed by atoms with van der Waals surface area (Å²) in [6, 6.07) is 14.5. The second-order valence-corrected chi connectivity index (χ2v) is 9.70. The summed E-state index contributed by atoms with van der Waals surface area (Å²) in [6.07, 6.45) is -3.90. The van der Waals surface area contributed by atoms with Gasteiger partial charge in [-0.1, -0.05) is 18.2 Å². The van der Waals surface area contributed by atoms with Crippen molar-refractivity contribution in [1.29, 1.82) is 0 Å². The highest BCUT2D eigenvalue weighted by molar-refractivity contribution is 5.99. The Bertz CT molecular complexity index is 1370. The number of halogens is 3. The van der Waals surface area contributed by atoms with E-state index in [9.17, 15) is 27.6 Å². The molecule has 2 aliphatic heterocycles. The summed E-state index contributed by atoms with van der Waals surface area (Å²) >= 11 is 0. The monoisotopic (exact) mass is 528 g/mol. The van der Waals surface area contributed by atoms with Crippen molar-refractivity contribution >= 4 is 34.3 Å². The number of nitrogens with zero attached hydrogens (tertiary/aromatic N) is 4. The van der Waals surface area contributed by atoms with Gasteiger partial charge in [-0.25, -0.2) is 0 Å². The molecule has 0 saturated carbocycles. The number of rotatable bonds is 5. The molecule has 0 atom stereocenters. The molecule has 200 valence electrons. The first-order chi connectivity index (χ1) is 18.1. The van der Waals surface area contributed by atoms with E-state index in [1.807, 2.05) is 47.5 Å². The zero-order valence-electron chi connectivity index (χ0n) is 20.7. The topological polar surface area (TPSA) is 102 Å². The number of benzene rings is 2. The van der Waals surface area contributed by atoms with Crippen molar-refractivity contribution in [2.75, 3.05) is 37.7 Å². The van der Waals surface area contributed by atoms with Crippen molar-refractivity contribution in [1.82, 2.24) is 25.3 Å². The van der Waals surface area contributed by atoms with Crippen LogP contribution in [0.1, 0.15) is 28.9 Å². The van der Waals surface area contributed by atoms with Crippen LogP contribution in [-0.4, -0.2) is 82.3 Å². The van der Waals surface area contributed by atoms with Gasteiger partial charge < -0.3 is 20.0 Å². The second-order valence-electron chi connectivity index (χ2n) is 9.70. The highest BCUT2D eigenvalue weighted by atomic mass is 19.4. The van der Waals surface area contributed by atoms with Crippen LogP contribution in [0.15, 0.2) is 48.5 Å². The van der Waals surface area contributed by atoms with Crippen LogP contribution in [0.3, 0.4) is 0 Å². The Hall–Kier alpha value is -4.09. The average Bonchev–Trinajstić information content (AvgIpc) is 3.40. The van der Waals surface area contributed by atoms with Gasteiger partial charge in [-0.15, -0.1) is 0 Å². The van der Waals surface area contributed by atoms with Gasteiger partial charge in [0.2, 0.25) is 5.91 Å². The van der Waals surface area contributed by atoms with Gasteiger partial charge in [-0.2, -0.15) is 18.3 Å². The third kappa shape index (κ3) is 4.77. The molecule has 2 N–H and O–H groups in total. The van der Waals surface area contributed by atoms with Crippen LogP contribution in [0.25, 0.3) is 10.9 Å². The molecule has 0 bridgehead atoms. The number of piperidine rings is 1. The van der Waals surface area contributed by atoms with Crippen LogP contribution in [0.2, 0.25) is 0 Å². The smallest absolute Gasteiger partial charge is 0.345 e. The lowest BCUT2D eigenvalue weighted by Gasteiger charge is -2.43. The molecular formula is C26H27F3N6O3. The van der Waals surface area contributed by atoms with Gasteiger partial charge in [0.05, 0.1) is 12.2 Å². The van der Waals surface area contributed by atoms with Crippen LogP contribution in [0, 0.1) is 6.92 Å². The number of amides is 3. The summed E-state index contributed by atoms with van der Waals surface area (Å²) in [5, 5.41) is 9.80. The summed E-state index contributed by atoms with van der Waals surface area (Å²) < 4.78 is 37.6. The lowest BCUT2D eigenvalue weighted by Crippen LogP contribution is -2.57. The van der Waals surface area contributed by atoms with Gasteiger partial charge in [-0.05, 0) is 50.1 Å². The number of hydrogen-bond donors (Lipinski definition) is 2. The van der Waals surface area contributed by atoms with E-state index in [0.717, 1.165) is 22.3 Å². The standard InChI is InChI=1S/C26H27F3N6O3/c1-17-20-13-18(7-8-21(20)32-31-17)23(37)33-11-9-25(10-12-33)24(38)34(14-22(36)30-15-26(27,28)29)16-35(25)19-5-3-2-4-6-19/h2-8,13H,9-12,14-16H2,1H3,(H,30,36)(H,31,32). The molecule has 2 aliphatic rings. The van der Waals surface area contributed by atoms with E-state index in [1.165, 1.54) is 4.90 Å². The molecule has 0 radical (unpaired) electrons. The molecule has 1 aromatic heterocycles. The molecule has 3 amide bonds. The fourth-order valence-corrected chi connectivity index (χ4v) is 5.28. The summed E-state index contributed by atoms with van der Waals surface area (Å²) in [5.41, 5.74) is 1.92. The van der Waals surface area contributed by atoms with Gasteiger partial charge in [0.1, 0.15) is 18.6 Å².